The molecule has 1 fully saturated rings. The third kappa shape index (κ3) is 5.34. The number of rotatable bonds is 8. The Morgan fingerprint density at radius 3 is 2.72 bits per heavy atom. The molecule has 1 aromatic heterocycles. The summed E-state index contributed by atoms with van der Waals surface area (Å²) in [6, 6.07) is 21.7. The first-order valence-corrected chi connectivity index (χ1v) is 10.1. The minimum Gasteiger partial charge on any atom is -0.460 e. The summed E-state index contributed by atoms with van der Waals surface area (Å²) in [4.78, 5) is 12.4. The van der Waals surface area contributed by atoms with Crippen molar-refractivity contribution in [2.45, 2.75) is 32.0 Å². The van der Waals surface area contributed by atoms with E-state index < -0.39 is 0 Å². The maximum atomic E-state index is 12.4. The van der Waals surface area contributed by atoms with Crippen LogP contribution in [-0.4, -0.2) is 25.2 Å². The maximum absolute atomic E-state index is 12.4. The van der Waals surface area contributed by atoms with E-state index in [1.807, 2.05) is 66.7 Å². The summed E-state index contributed by atoms with van der Waals surface area (Å²) < 4.78 is 11.5. The zero-order chi connectivity index (χ0) is 19.9. The van der Waals surface area contributed by atoms with E-state index in [1.54, 1.807) is 0 Å². The average Bonchev–Trinajstić information content (AvgIpc) is 3.45. The minimum absolute atomic E-state index is 0.0547. The van der Waals surface area contributed by atoms with Gasteiger partial charge in [-0.25, -0.2) is 0 Å². The van der Waals surface area contributed by atoms with Gasteiger partial charge in [-0.1, -0.05) is 42.5 Å². The molecule has 1 atom stereocenters. The molecule has 4 rings (SSSR count). The molecule has 1 amide bonds. The summed E-state index contributed by atoms with van der Waals surface area (Å²) >= 11 is 0. The van der Waals surface area contributed by atoms with Gasteiger partial charge in [0.2, 0.25) is 0 Å². The van der Waals surface area contributed by atoms with Crippen LogP contribution in [0, 0.1) is 0 Å². The van der Waals surface area contributed by atoms with E-state index in [0.717, 1.165) is 42.1 Å². The number of carbonyl (C=O) groups is 1. The number of amides is 1. The van der Waals surface area contributed by atoms with E-state index >= 15 is 0 Å². The third-order valence-electron chi connectivity index (χ3n) is 5.05. The highest BCUT2D eigenvalue weighted by molar-refractivity contribution is 5.94. The van der Waals surface area contributed by atoms with Crippen molar-refractivity contribution in [1.29, 1.82) is 0 Å². The zero-order valence-electron chi connectivity index (χ0n) is 16.4. The molecule has 2 N–H and O–H groups in total. The van der Waals surface area contributed by atoms with Crippen LogP contribution in [0.2, 0.25) is 0 Å². The summed E-state index contributed by atoms with van der Waals surface area (Å²) in [7, 11) is 0. The van der Waals surface area contributed by atoms with E-state index in [-0.39, 0.29) is 12.0 Å². The number of nitrogens with one attached hydrogen (secondary N) is 2. The predicted octanol–water partition coefficient (Wildman–Crippen LogP) is 4.15. The van der Waals surface area contributed by atoms with E-state index in [1.165, 1.54) is 0 Å². The van der Waals surface area contributed by atoms with Gasteiger partial charge in [0.1, 0.15) is 11.5 Å². The summed E-state index contributed by atoms with van der Waals surface area (Å²) in [5.41, 5.74) is 2.80. The molecule has 0 aliphatic carbocycles. The first-order valence-electron chi connectivity index (χ1n) is 10.1. The molecule has 1 aliphatic heterocycles. The van der Waals surface area contributed by atoms with Crippen LogP contribution < -0.4 is 10.6 Å². The SMILES string of the molecule is O=C(NCC1CCCO1)c1cccc(CNCc2ccc(-c3ccccc3)o2)c1. The first kappa shape index (κ1) is 19.4. The highest BCUT2D eigenvalue weighted by atomic mass is 16.5. The van der Waals surface area contributed by atoms with Crippen LogP contribution in [0.3, 0.4) is 0 Å². The van der Waals surface area contributed by atoms with Crippen LogP contribution in [0.25, 0.3) is 11.3 Å². The standard InChI is InChI=1S/C24H26N2O3/c27-24(26-17-21-10-5-13-28-21)20-9-4-6-18(14-20)15-25-16-22-11-12-23(29-22)19-7-2-1-3-8-19/h1-4,6-9,11-12,14,21,25H,5,10,13,15-17H2,(H,26,27). The Labute approximate surface area is 171 Å². The highest BCUT2D eigenvalue weighted by Crippen LogP contribution is 2.21. The first-order chi connectivity index (χ1) is 14.3. The van der Waals surface area contributed by atoms with Crippen molar-refractivity contribution in [2.75, 3.05) is 13.2 Å². The van der Waals surface area contributed by atoms with Crippen molar-refractivity contribution in [2.24, 2.45) is 0 Å². The lowest BCUT2D eigenvalue weighted by Crippen LogP contribution is -2.31. The minimum atomic E-state index is -0.0547. The Bertz CT molecular complexity index is 930. The van der Waals surface area contributed by atoms with Crippen LogP contribution in [0.5, 0.6) is 0 Å². The Balaban J connectivity index is 1.27. The summed E-state index contributed by atoms with van der Waals surface area (Å²) in [6.45, 7) is 2.66. The molecular formula is C24H26N2O3. The van der Waals surface area contributed by atoms with Crippen LogP contribution in [0.15, 0.2) is 71.1 Å². The van der Waals surface area contributed by atoms with Gasteiger partial charge in [0, 0.05) is 30.8 Å². The number of hydrogen-bond donors (Lipinski definition) is 2. The molecule has 5 nitrogen and oxygen atoms in total. The largest absolute Gasteiger partial charge is 0.460 e. The molecule has 1 unspecified atom stereocenters. The average molecular weight is 390 g/mol. The van der Waals surface area contributed by atoms with Gasteiger partial charge in [-0.2, -0.15) is 0 Å². The fourth-order valence-corrected chi connectivity index (χ4v) is 3.50. The molecular weight excluding hydrogens is 364 g/mol. The van der Waals surface area contributed by atoms with Crippen molar-refractivity contribution in [1.82, 2.24) is 10.6 Å². The highest BCUT2D eigenvalue weighted by Gasteiger charge is 2.16. The smallest absolute Gasteiger partial charge is 0.251 e. The molecule has 0 bridgehead atoms. The Hall–Kier alpha value is -2.89. The van der Waals surface area contributed by atoms with Gasteiger partial charge in [0.25, 0.3) is 5.91 Å². The van der Waals surface area contributed by atoms with Gasteiger partial charge in [-0.15, -0.1) is 0 Å². The van der Waals surface area contributed by atoms with Gasteiger partial charge in [0.15, 0.2) is 0 Å². The molecule has 2 heterocycles. The van der Waals surface area contributed by atoms with Crippen molar-refractivity contribution >= 4 is 5.91 Å². The predicted molar refractivity (Wildman–Crippen MR) is 112 cm³/mol. The Morgan fingerprint density at radius 2 is 1.90 bits per heavy atom. The molecule has 2 aromatic carbocycles. The maximum Gasteiger partial charge on any atom is 0.251 e. The van der Waals surface area contributed by atoms with Crippen LogP contribution in [0.1, 0.15) is 34.5 Å². The summed E-state index contributed by atoms with van der Waals surface area (Å²) in [5.74, 6) is 1.70. The van der Waals surface area contributed by atoms with Crippen molar-refractivity contribution < 1.29 is 13.9 Å². The van der Waals surface area contributed by atoms with E-state index in [2.05, 4.69) is 10.6 Å². The molecule has 5 heteroatoms. The molecule has 150 valence electrons. The lowest BCUT2D eigenvalue weighted by atomic mass is 10.1. The van der Waals surface area contributed by atoms with Gasteiger partial charge in [-0.3, -0.25) is 4.79 Å². The third-order valence-corrected chi connectivity index (χ3v) is 5.05. The van der Waals surface area contributed by atoms with E-state index in [9.17, 15) is 4.79 Å². The monoisotopic (exact) mass is 390 g/mol. The van der Waals surface area contributed by atoms with Crippen molar-refractivity contribution in [3.05, 3.63) is 83.6 Å². The second kappa shape index (κ2) is 9.54. The number of furan rings is 1. The lowest BCUT2D eigenvalue weighted by Gasteiger charge is -2.11. The topological polar surface area (TPSA) is 63.5 Å². The normalized spacial score (nSPS) is 16.1. The van der Waals surface area contributed by atoms with E-state index in [4.69, 9.17) is 9.15 Å². The zero-order valence-corrected chi connectivity index (χ0v) is 16.4. The Morgan fingerprint density at radius 1 is 1.00 bits per heavy atom. The van der Waals surface area contributed by atoms with Crippen LogP contribution >= 0.6 is 0 Å². The fourth-order valence-electron chi connectivity index (χ4n) is 3.50. The number of ether oxygens (including phenoxy) is 1. The summed E-state index contributed by atoms with van der Waals surface area (Å²) in [5, 5.41) is 6.35. The molecule has 3 aromatic rings. The second-order valence-electron chi connectivity index (χ2n) is 7.28. The molecule has 0 saturated carbocycles. The van der Waals surface area contributed by atoms with E-state index in [0.29, 0.717) is 25.2 Å². The van der Waals surface area contributed by atoms with Crippen LogP contribution in [-0.2, 0) is 17.8 Å². The van der Waals surface area contributed by atoms with Crippen molar-refractivity contribution in [3.8, 4) is 11.3 Å². The fraction of sp³-hybridized carbons (Fsp3) is 0.292. The second-order valence-corrected chi connectivity index (χ2v) is 7.28. The molecule has 1 aliphatic rings. The van der Waals surface area contributed by atoms with Gasteiger partial charge < -0.3 is 19.8 Å². The van der Waals surface area contributed by atoms with Crippen molar-refractivity contribution in [3.63, 3.8) is 0 Å². The van der Waals surface area contributed by atoms with Gasteiger partial charge in [0.05, 0.1) is 12.6 Å². The molecule has 0 radical (unpaired) electrons. The van der Waals surface area contributed by atoms with Crippen LogP contribution in [0.4, 0.5) is 0 Å². The quantitative estimate of drug-likeness (QED) is 0.607. The molecule has 0 spiro atoms. The van der Waals surface area contributed by atoms with Gasteiger partial charge in [-0.05, 0) is 42.7 Å². The number of carbonyl (C=O) groups excluding carboxylic acids is 1. The molecule has 29 heavy (non-hydrogen) atoms. The summed E-state index contributed by atoms with van der Waals surface area (Å²) in [6.07, 6.45) is 2.24. The lowest BCUT2D eigenvalue weighted by molar-refractivity contribution is 0.0857. The van der Waals surface area contributed by atoms with Gasteiger partial charge >= 0.3 is 0 Å². The number of hydrogen-bond acceptors (Lipinski definition) is 4. The molecule has 1 saturated heterocycles. The Kier molecular flexibility index (Phi) is 6.39. The number of benzene rings is 2.